The van der Waals surface area contributed by atoms with Crippen LogP contribution >= 0.6 is 0 Å². The standard InChI is InChI=1S/C19H20F2N4O/c1-24(11-17-22-8-9-25(17)19(20)21)18(26)12-6-7-16-14(10-12)13-4-2-3-5-15(13)23-16/h6-10,19,23H,2-5,11H2,1H3. The molecule has 1 aromatic carbocycles. The van der Waals surface area contributed by atoms with E-state index in [-0.39, 0.29) is 18.3 Å². The van der Waals surface area contributed by atoms with Gasteiger partial charge in [0.15, 0.2) is 0 Å². The molecule has 1 aliphatic carbocycles. The number of carbonyl (C=O) groups is 1. The highest BCUT2D eigenvalue weighted by Crippen LogP contribution is 2.30. The smallest absolute Gasteiger partial charge is 0.319 e. The lowest BCUT2D eigenvalue weighted by atomic mass is 9.95. The summed E-state index contributed by atoms with van der Waals surface area (Å²) < 4.78 is 26.7. The van der Waals surface area contributed by atoms with Gasteiger partial charge in [-0.2, -0.15) is 8.78 Å². The highest BCUT2D eigenvalue weighted by molar-refractivity contribution is 5.99. The number of fused-ring (bicyclic) bond motifs is 3. The van der Waals surface area contributed by atoms with Crippen molar-refractivity contribution in [1.29, 1.82) is 0 Å². The molecule has 1 amide bonds. The molecule has 5 nitrogen and oxygen atoms in total. The molecule has 0 saturated carbocycles. The van der Waals surface area contributed by atoms with Crippen LogP contribution in [-0.4, -0.2) is 32.4 Å². The van der Waals surface area contributed by atoms with Crippen LogP contribution in [0.15, 0.2) is 30.6 Å². The summed E-state index contributed by atoms with van der Waals surface area (Å²) in [5, 5.41) is 1.09. The van der Waals surface area contributed by atoms with Gasteiger partial charge in [-0.15, -0.1) is 0 Å². The van der Waals surface area contributed by atoms with Crippen molar-refractivity contribution in [2.24, 2.45) is 0 Å². The SMILES string of the molecule is CN(Cc1nccn1C(F)F)C(=O)c1ccc2[nH]c3c(c2c1)CCCC3. The van der Waals surface area contributed by atoms with Crippen molar-refractivity contribution in [1.82, 2.24) is 19.4 Å². The van der Waals surface area contributed by atoms with Crippen LogP contribution in [-0.2, 0) is 19.4 Å². The Morgan fingerprint density at radius 3 is 2.96 bits per heavy atom. The predicted octanol–water partition coefficient (Wildman–Crippen LogP) is 3.91. The van der Waals surface area contributed by atoms with Gasteiger partial charge in [0, 0.05) is 41.6 Å². The number of H-pyrrole nitrogens is 1. The highest BCUT2D eigenvalue weighted by atomic mass is 19.3. The van der Waals surface area contributed by atoms with Crippen molar-refractivity contribution >= 4 is 16.8 Å². The summed E-state index contributed by atoms with van der Waals surface area (Å²) in [6.07, 6.45) is 6.95. The van der Waals surface area contributed by atoms with Crippen molar-refractivity contribution in [3.05, 3.63) is 53.2 Å². The normalized spacial score (nSPS) is 14.0. The maximum absolute atomic E-state index is 13.0. The van der Waals surface area contributed by atoms with Crippen LogP contribution < -0.4 is 0 Å². The van der Waals surface area contributed by atoms with E-state index >= 15 is 0 Å². The number of nitrogens with one attached hydrogen (secondary N) is 1. The first-order valence-electron chi connectivity index (χ1n) is 8.73. The van der Waals surface area contributed by atoms with Crippen molar-refractivity contribution in [3.8, 4) is 0 Å². The summed E-state index contributed by atoms with van der Waals surface area (Å²) in [4.78, 5) is 21.6. The van der Waals surface area contributed by atoms with Crippen LogP contribution in [0.1, 0.15) is 46.8 Å². The zero-order valence-corrected chi connectivity index (χ0v) is 14.5. The third-order valence-corrected chi connectivity index (χ3v) is 5.03. The number of rotatable bonds is 4. The van der Waals surface area contributed by atoms with Crippen LogP contribution in [0.5, 0.6) is 0 Å². The summed E-state index contributed by atoms with van der Waals surface area (Å²) in [6, 6.07) is 5.62. The summed E-state index contributed by atoms with van der Waals surface area (Å²) in [6.45, 7) is -2.64. The molecule has 3 aromatic rings. The average molecular weight is 358 g/mol. The Bertz CT molecular complexity index is 960. The zero-order valence-electron chi connectivity index (χ0n) is 14.5. The first kappa shape index (κ1) is 16.8. The average Bonchev–Trinajstić information content (AvgIpc) is 3.24. The number of hydrogen-bond donors (Lipinski definition) is 1. The van der Waals surface area contributed by atoms with Crippen molar-refractivity contribution in [2.75, 3.05) is 7.05 Å². The van der Waals surface area contributed by atoms with Gasteiger partial charge in [-0.05, 0) is 49.4 Å². The molecule has 4 rings (SSSR count). The second-order valence-electron chi connectivity index (χ2n) is 6.74. The molecule has 1 N–H and O–H groups in total. The van der Waals surface area contributed by atoms with Crippen LogP contribution in [0.4, 0.5) is 8.78 Å². The van der Waals surface area contributed by atoms with Gasteiger partial charge in [0.25, 0.3) is 5.91 Å². The van der Waals surface area contributed by atoms with E-state index in [2.05, 4.69) is 9.97 Å². The van der Waals surface area contributed by atoms with Gasteiger partial charge < -0.3 is 9.88 Å². The Morgan fingerprint density at radius 2 is 2.15 bits per heavy atom. The molecule has 0 fully saturated rings. The number of amides is 1. The molecule has 26 heavy (non-hydrogen) atoms. The molecule has 0 radical (unpaired) electrons. The number of halogens is 2. The third-order valence-electron chi connectivity index (χ3n) is 5.03. The predicted molar refractivity (Wildman–Crippen MR) is 94.2 cm³/mol. The third kappa shape index (κ3) is 2.87. The second kappa shape index (κ2) is 6.55. The Balaban J connectivity index is 1.60. The Hall–Kier alpha value is -2.70. The van der Waals surface area contributed by atoms with Crippen molar-refractivity contribution in [2.45, 2.75) is 38.8 Å². The fourth-order valence-electron chi connectivity index (χ4n) is 3.69. The van der Waals surface area contributed by atoms with E-state index in [1.165, 1.54) is 35.0 Å². The van der Waals surface area contributed by atoms with Crippen molar-refractivity contribution in [3.63, 3.8) is 0 Å². The van der Waals surface area contributed by atoms with E-state index in [1.54, 1.807) is 13.1 Å². The molecule has 7 heteroatoms. The van der Waals surface area contributed by atoms with Gasteiger partial charge in [-0.25, -0.2) is 4.98 Å². The number of alkyl halides is 2. The minimum atomic E-state index is -2.67. The molecule has 2 heterocycles. The molecule has 2 aromatic heterocycles. The fraction of sp³-hybridized carbons (Fsp3) is 0.368. The fourth-order valence-corrected chi connectivity index (χ4v) is 3.69. The first-order chi connectivity index (χ1) is 12.5. The quantitative estimate of drug-likeness (QED) is 0.769. The zero-order chi connectivity index (χ0) is 18.3. The van der Waals surface area contributed by atoms with Crippen LogP contribution in [0, 0.1) is 0 Å². The molecule has 136 valence electrons. The number of hydrogen-bond acceptors (Lipinski definition) is 2. The molecule has 1 aliphatic rings. The van der Waals surface area contributed by atoms with Crippen molar-refractivity contribution < 1.29 is 13.6 Å². The summed E-state index contributed by atoms with van der Waals surface area (Å²) >= 11 is 0. The molecular weight excluding hydrogens is 338 g/mol. The van der Waals surface area contributed by atoms with Crippen LogP contribution in [0.2, 0.25) is 0 Å². The van der Waals surface area contributed by atoms with E-state index in [4.69, 9.17) is 0 Å². The van der Waals surface area contributed by atoms with Crippen LogP contribution in [0.3, 0.4) is 0 Å². The largest absolute Gasteiger partial charge is 0.358 e. The highest BCUT2D eigenvalue weighted by Gasteiger charge is 2.20. The minimum Gasteiger partial charge on any atom is -0.358 e. The Morgan fingerprint density at radius 1 is 1.35 bits per heavy atom. The van der Waals surface area contributed by atoms with Gasteiger partial charge >= 0.3 is 6.55 Å². The number of imidazole rings is 1. The topological polar surface area (TPSA) is 53.9 Å². The minimum absolute atomic E-state index is 0.0272. The summed E-state index contributed by atoms with van der Waals surface area (Å²) in [5.41, 5.74) is 4.17. The lowest BCUT2D eigenvalue weighted by Gasteiger charge is -2.18. The summed E-state index contributed by atoms with van der Waals surface area (Å²) in [5.74, 6) is -0.0440. The first-order valence-corrected chi connectivity index (χ1v) is 8.73. The molecule has 0 aliphatic heterocycles. The Kier molecular flexibility index (Phi) is 4.22. The van der Waals surface area contributed by atoms with Gasteiger partial charge in [-0.1, -0.05) is 0 Å². The van der Waals surface area contributed by atoms with E-state index < -0.39 is 6.55 Å². The van der Waals surface area contributed by atoms with E-state index in [0.717, 1.165) is 34.7 Å². The lowest BCUT2D eigenvalue weighted by Crippen LogP contribution is -2.27. The molecule has 0 bridgehead atoms. The van der Waals surface area contributed by atoms with Crippen LogP contribution in [0.25, 0.3) is 10.9 Å². The maximum Gasteiger partial charge on any atom is 0.319 e. The number of nitrogens with zero attached hydrogens (tertiary/aromatic N) is 3. The van der Waals surface area contributed by atoms with Gasteiger partial charge in [0.1, 0.15) is 5.82 Å². The van der Waals surface area contributed by atoms with E-state index in [1.807, 2.05) is 12.1 Å². The number of aromatic nitrogens is 3. The molecule has 0 spiro atoms. The number of carbonyl (C=O) groups excluding carboxylic acids is 1. The molecule has 0 saturated heterocycles. The molecule has 0 atom stereocenters. The molecular formula is C19H20F2N4O. The van der Waals surface area contributed by atoms with Gasteiger partial charge in [0.2, 0.25) is 0 Å². The maximum atomic E-state index is 13.0. The number of aromatic amines is 1. The monoisotopic (exact) mass is 358 g/mol. The number of benzene rings is 1. The van der Waals surface area contributed by atoms with Gasteiger partial charge in [-0.3, -0.25) is 9.36 Å². The second-order valence-corrected chi connectivity index (χ2v) is 6.74. The summed E-state index contributed by atoms with van der Waals surface area (Å²) in [7, 11) is 1.60. The molecule has 0 unspecified atom stereocenters. The van der Waals surface area contributed by atoms with E-state index in [9.17, 15) is 13.6 Å². The van der Waals surface area contributed by atoms with E-state index in [0.29, 0.717) is 5.56 Å². The Labute approximate surface area is 149 Å². The lowest BCUT2D eigenvalue weighted by molar-refractivity contribution is 0.0612. The number of aryl methyl sites for hydroxylation is 2. The van der Waals surface area contributed by atoms with Gasteiger partial charge in [0.05, 0.1) is 6.54 Å².